The summed E-state index contributed by atoms with van der Waals surface area (Å²) >= 11 is 0. The van der Waals surface area contributed by atoms with Crippen molar-refractivity contribution in [1.82, 2.24) is 4.90 Å². The van der Waals surface area contributed by atoms with Crippen molar-refractivity contribution in [2.75, 3.05) is 19.7 Å². The molecule has 1 aromatic carbocycles. The molecule has 3 atom stereocenters. The average molecular weight is 276 g/mol. The van der Waals surface area contributed by atoms with E-state index >= 15 is 0 Å². The van der Waals surface area contributed by atoms with Gasteiger partial charge in [-0.3, -0.25) is 4.90 Å². The summed E-state index contributed by atoms with van der Waals surface area (Å²) in [6.07, 6.45) is 3.69. The standard InChI is InChI=1S/C17H28N2O/c1-3-16-13-20-14(2)12-19(16)17(11-18)10-9-15-7-5-4-6-8-15/h4-8,14,16-17H,3,9-13,18H2,1-2H3. The van der Waals surface area contributed by atoms with Crippen LogP contribution in [-0.4, -0.2) is 42.8 Å². The van der Waals surface area contributed by atoms with E-state index in [9.17, 15) is 0 Å². The predicted octanol–water partition coefficient (Wildman–Crippen LogP) is 2.45. The van der Waals surface area contributed by atoms with Gasteiger partial charge in [-0.15, -0.1) is 0 Å². The fraction of sp³-hybridized carbons (Fsp3) is 0.647. The van der Waals surface area contributed by atoms with Gasteiger partial charge in [0.25, 0.3) is 0 Å². The summed E-state index contributed by atoms with van der Waals surface area (Å²) in [5.41, 5.74) is 7.45. The van der Waals surface area contributed by atoms with E-state index in [1.807, 2.05) is 0 Å². The molecule has 0 aromatic heterocycles. The molecule has 0 amide bonds. The lowest BCUT2D eigenvalue weighted by Crippen LogP contribution is -2.55. The van der Waals surface area contributed by atoms with Crippen molar-refractivity contribution >= 4 is 0 Å². The second-order valence-corrected chi connectivity index (χ2v) is 5.82. The second-order valence-electron chi connectivity index (χ2n) is 5.82. The van der Waals surface area contributed by atoms with Gasteiger partial charge < -0.3 is 10.5 Å². The molecule has 0 saturated carbocycles. The van der Waals surface area contributed by atoms with Crippen LogP contribution in [0.2, 0.25) is 0 Å². The van der Waals surface area contributed by atoms with E-state index in [4.69, 9.17) is 10.5 Å². The van der Waals surface area contributed by atoms with E-state index < -0.39 is 0 Å². The maximum atomic E-state index is 6.05. The molecule has 1 aliphatic rings. The molecular weight excluding hydrogens is 248 g/mol. The summed E-state index contributed by atoms with van der Waals surface area (Å²) < 4.78 is 5.79. The van der Waals surface area contributed by atoms with Gasteiger partial charge in [-0.05, 0) is 31.7 Å². The van der Waals surface area contributed by atoms with Gasteiger partial charge in [-0.1, -0.05) is 37.3 Å². The van der Waals surface area contributed by atoms with Gasteiger partial charge in [0.15, 0.2) is 0 Å². The second kappa shape index (κ2) is 7.77. The van der Waals surface area contributed by atoms with Gasteiger partial charge in [0, 0.05) is 25.2 Å². The van der Waals surface area contributed by atoms with Crippen molar-refractivity contribution in [3.63, 3.8) is 0 Å². The monoisotopic (exact) mass is 276 g/mol. The highest BCUT2D eigenvalue weighted by Crippen LogP contribution is 2.20. The largest absolute Gasteiger partial charge is 0.376 e. The molecule has 1 fully saturated rings. The lowest BCUT2D eigenvalue weighted by molar-refractivity contribution is -0.0721. The van der Waals surface area contributed by atoms with Crippen LogP contribution in [0.15, 0.2) is 30.3 Å². The third-order valence-corrected chi connectivity index (χ3v) is 4.33. The summed E-state index contributed by atoms with van der Waals surface area (Å²) in [7, 11) is 0. The van der Waals surface area contributed by atoms with Gasteiger partial charge in [0.2, 0.25) is 0 Å². The SMILES string of the molecule is CCC1COC(C)CN1C(CN)CCc1ccccc1. The normalized spacial score (nSPS) is 25.6. The van der Waals surface area contributed by atoms with Crippen LogP contribution in [0.5, 0.6) is 0 Å². The molecule has 1 saturated heterocycles. The zero-order valence-corrected chi connectivity index (χ0v) is 12.8. The van der Waals surface area contributed by atoms with E-state index in [-0.39, 0.29) is 0 Å². The summed E-state index contributed by atoms with van der Waals surface area (Å²) in [6.45, 7) is 6.98. The van der Waals surface area contributed by atoms with Crippen LogP contribution in [0.1, 0.15) is 32.3 Å². The van der Waals surface area contributed by atoms with Crippen LogP contribution in [0.25, 0.3) is 0 Å². The number of ether oxygens (including phenoxy) is 1. The van der Waals surface area contributed by atoms with Crippen LogP contribution in [-0.2, 0) is 11.2 Å². The average Bonchev–Trinajstić information content (AvgIpc) is 2.49. The maximum Gasteiger partial charge on any atom is 0.0674 e. The zero-order chi connectivity index (χ0) is 14.4. The Hall–Kier alpha value is -0.900. The van der Waals surface area contributed by atoms with Gasteiger partial charge in [0.05, 0.1) is 12.7 Å². The zero-order valence-electron chi connectivity index (χ0n) is 12.8. The van der Waals surface area contributed by atoms with Gasteiger partial charge in [-0.2, -0.15) is 0 Å². The molecule has 0 bridgehead atoms. The number of nitrogens with zero attached hydrogens (tertiary/aromatic N) is 1. The minimum Gasteiger partial charge on any atom is -0.376 e. The Bertz CT molecular complexity index is 382. The first kappa shape index (κ1) is 15.5. The third-order valence-electron chi connectivity index (χ3n) is 4.33. The van der Waals surface area contributed by atoms with Gasteiger partial charge in [-0.25, -0.2) is 0 Å². The van der Waals surface area contributed by atoms with E-state index in [2.05, 4.69) is 49.1 Å². The fourth-order valence-electron chi connectivity index (χ4n) is 3.07. The molecule has 20 heavy (non-hydrogen) atoms. The summed E-state index contributed by atoms with van der Waals surface area (Å²) in [6, 6.07) is 11.7. The molecule has 2 rings (SSSR count). The molecule has 0 radical (unpaired) electrons. The highest BCUT2D eigenvalue weighted by molar-refractivity contribution is 5.14. The number of aryl methyl sites for hydroxylation is 1. The first-order chi connectivity index (χ1) is 9.74. The maximum absolute atomic E-state index is 6.05. The Morgan fingerprint density at radius 3 is 2.75 bits per heavy atom. The van der Waals surface area contributed by atoms with Gasteiger partial charge in [0.1, 0.15) is 0 Å². The van der Waals surface area contributed by atoms with E-state index in [0.29, 0.717) is 18.2 Å². The Morgan fingerprint density at radius 1 is 1.35 bits per heavy atom. The first-order valence-corrected chi connectivity index (χ1v) is 7.86. The number of hydrogen-bond acceptors (Lipinski definition) is 3. The van der Waals surface area contributed by atoms with Gasteiger partial charge >= 0.3 is 0 Å². The number of hydrogen-bond donors (Lipinski definition) is 1. The highest BCUT2D eigenvalue weighted by Gasteiger charge is 2.30. The quantitative estimate of drug-likeness (QED) is 0.867. The van der Waals surface area contributed by atoms with Crippen molar-refractivity contribution in [1.29, 1.82) is 0 Å². The van der Waals surface area contributed by atoms with Crippen LogP contribution in [0.4, 0.5) is 0 Å². The number of benzene rings is 1. The molecule has 1 aromatic rings. The minimum absolute atomic E-state index is 0.323. The van der Waals surface area contributed by atoms with E-state index in [1.54, 1.807) is 0 Å². The van der Waals surface area contributed by atoms with Crippen LogP contribution >= 0.6 is 0 Å². The highest BCUT2D eigenvalue weighted by atomic mass is 16.5. The molecule has 1 aliphatic heterocycles. The summed E-state index contributed by atoms with van der Waals surface area (Å²) in [5.74, 6) is 0. The lowest BCUT2D eigenvalue weighted by Gasteiger charge is -2.43. The molecule has 112 valence electrons. The first-order valence-electron chi connectivity index (χ1n) is 7.86. The Kier molecular flexibility index (Phi) is 6.02. The Morgan fingerprint density at radius 2 is 2.10 bits per heavy atom. The molecule has 3 unspecified atom stereocenters. The number of morpholine rings is 1. The van der Waals surface area contributed by atoms with Crippen molar-refractivity contribution < 1.29 is 4.74 Å². The Balaban J connectivity index is 1.95. The van der Waals surface area contributed by atoms with Crippen molar-refractivity contribution in [2.45, 2.75) is 51.3 Å². The molecule has 3 heteroatoms. The lowest BCUT2D eigenvalue weighted by atomic mass is 10.0. The predicted molar refractivity (Wildman–Crippen MR) is 83.8 cm³/mol. The minimum atomic E-state index is 0.323. The molecule has 2 N–H and O–H groups in total. The fourth-order valence-corrected chi connectivity index (χ4v) is 3.07. The molecule has 1 heterocycles. The summed E-state index contributed by atoms with van der Waals surface area (Å²) in [5, 5.41) is 0. The van der Waals surface area contributed by atoms with E-state index in [0.717, 1.165) is 39.0 Å². The molecule has 0 spiro atoms. The van der Waals surface area contributed by atoms with E-state index in [1.165, 1.54) is 5.56 Å². The smallest absolute Gasteiger partial charge is 0.0674 e. The topological polar surface area (TPSA) is 38.5 Å². The summed E-state index contributed by atoms with van der Waals surface area (Å²) in [4.78, 5) is 2.58. The van der Waals surface area contributed by atoms with Crippen molar-refractivity contribution in [3.05, 3.63) is 35.9 Å². The van der Waals surface area contributed by atoms with Crippen LogP contribution < -0.4 is 5.73 Å². The van der Waals surface area contributed by atoms with Crippen molar-refractivity contribution in [3.8, 4) is 0 Å². The molecule has 0 aliphatic carbocycles. The number of nitrogens with two attached hydrogens (primary N) is 1. The molecular formula is C17H28N2O. The molecule has 3 nitrogen and oxygen atoms in total. The van der Waals surface area contributed by atoms with Crippen molar-refractivity contribution in [2.24, 2.45) is 5.73 Å². The third kappa shape index (κ3) is 4.05. The number of rotatable bonds is 6. The van der Waals surface area contributed by atoms with Crippen LogP contribution in [0.3, 0.4) is 0 Å². The van der Waals surface area contributed by atoms with Crippen LogP contribution in [0, 0.1) is 0 Å². The Labute approximate surface area is 123 Å².